The van der Waals surface area contributed by atoms with Crippen LogP contribution in [0.25, 0.3) is 0 Å². The van der Waals surface area contributed by atoms with E-state index in [1.54, 1.807) is 6.26 Å². The molecule has 0 saturated heterocycles. The molecule has 4 nitrogen and oxygen atoms in total. The van der Waals surface area contributed by atoms with Gasteiger partial charge in [-0.15, -0.1) is 0 Å². The molecule has 5 heteroatoms. The number of nitrogens with zero attached hydrogens (tertiary/aromatic N) is 4. The van der Waals surface area contributed by atoms with Crippen LogP contribution in [0.15, 0.2) is 59.0 Å². The molecule has 2 rings (SSSR count). The van der Waals surface area contributed by atoms with E-state index in [1.165, 1.54) is 128 Å². The molecule has 0 aliphatic heterocycles. The maximum Gasteiger partial charge on any atom is 0.0603 e. The Morgan fingerprint density at radius 3 is 1.05 bits per heavy atom. The van der Waals surface area contributed by atoms with E-state index in [0.717, 1.165) is 36.9 Å². The highest BCUT2D eigenvalue weighted by atomic mass is 32.1. The van der Waals surface area contributed by atoms with E-state index in [4.69, 9.17) is 9.98 Å². The standard InChI is InChI=1S/C36H62N4.CH4S/c1-3-5-7-9-15-19-27-37-35-23-31-39(32-24-35)29-21-17-13-11-12-14-18-22-30-40-33-25-36(26-34-40)38-28-20-16-10-8-6-4-2;1-2/h23-26,31-34H,3-22,27-30H2,1-2H3;2H,1H3. The minimum Gasteiger partial charge on any atom is -0.354 e. The van der Waals surface area contributed by atoms with Crippen LogP contribution in [0, 0.1) is 0 Å². The van der Waals surface area contributed by atoms with Crippen LogP contribution in [0.2, 0.25) is 0 Å². The minimum atomic E-state index is 0.970. The molecule has 0 aliphatic rings. The number of pyridine rings is 2. The van der Waals surface area contributed by atoms with Crippen molar-refractivity contribution in [1.29, 1.82) is 0 Å². The minimum absolute atomic E-state index is 0.970. The van der Waals surface area contributed by atoms with Gasteiger partial charge < -0.3 is 9.13 Å². The number of aryl methyl sites for hydroxylation is 2. The molecule has 0 amide bonds. The Balaban J connectivity index is 0.00000431. The average molecular weight is 599 g/mol. The van der Waals surface area contributed by atoms with Crippen molar-refractivity contribution in [2.45, 2.75) is 155 Å². The second-order valence-corrected chi connectivity index (χ2v) is 11.7. The van der Waals surface area contributed by atoms with Gasteiger partial charge in [-0.2, -0.15) is 12.6 Å². The molecule has 0 unspecified atom stereocenters. The van der Waals surface area contributed by atoms with Gasteiger partial charge in [-0.05, 0) is 56.2 Å². The maximum absolute atomic E-state index is 4.74. The van der Waals surface area contributed by atoms with Crippen LogP contribution in [0.3, 0.4) is 0 Å². The van der Waals surface area contributed by atoms with Crippen molar-refractivity contribution in [2.75, 3.05) is 19.3 Å². The molecule has 0 spiro atoms. The summed E-state index contributed by atoms with van der Waals surface area (Å²) < 4.78 is 4.63. The average Bonchev–Trinajstić information content (AvgIpc) is 3.03. The first kappa shape index (κ1) is 38.3. The number of unbranched alkanes of at least 4 members (excludes halogenated alkanes) is 17. The second-order valence-electron chi connectivity index (χ2n) is 11.7. The number of rotatable bonds is 25. The molecule has 0 aromatic carbocycles. The van der Waals surface area contributed by atoms with Crippen LogP contribution < -0.4 is 10.7 Å². The highest BCUT2D eigenvalue weighted by molar-refractivity contribution is 7.79. The van der Waals surface area contributed by atoms with E-state index < -0.39 is 0 Å². The molecule has 0 fully saturated rings. The molecule has 240 valence electrons. The highest BCUT2D eigenvalue weighted by Crippen LogP contribution is 2.10. The number of thiol groups is 1. The maximum atomic E-state index is 4.74. The van der Waals surface area contributed by atoms with E-state index in [9.17, 15) is 0 Å². The quantitative estimate of drug-likeness (QED) is 0.0872. The van der Waals surface area contributed by atoms with Crippen molar-refractivity contribution in [1.82, 2.24) is 9.13 Å². The molecule has 0 bridgehead atoms. The van der Waals surface area contributed by atoms with Crippen LogP contribution in [0.4, 0.5) is 0 Å². The Morgan fingerprint density at radius 1 is 0.429 bits per heavy atom. The van der Waals surface area contributed by atoms with E-state index in [2.05, 4.69) is 84.7 Å². The summed E-state index contributed by atoms with van der Waals surface area (Å²) in [6.07, 6.45) is 37.2. The molecule has 0 saturated carbocycles. The Hall–Kier alpha value is -1.75. The van der Waals surface area contributed by atoms with Crippen LogP contribution in [0.1, 0.15) is 142 Å². The lowest BCUT2D eigenvalue weighted by atomic mass is 10.1. The van der Waals surface area contributed by atoms with Crippen molar-refractivity contribution >= 4 is 12.6 Å². The molecule has 2 heterocycles. The van der Waals surface area contributed by atoms with Crippen LogP contribution >= 0.6 is 12.6 Å². The molecule has 0 radical (unpaired) electrons. The number of aromatic nitrogens is 2. The zero-order chi connectivity index (χ0) is 30.4. The lowest BCUT2D eigenvalue weighted by Crippen LogP contribution is -2.06. The Morgan fingerprint density at radius 2 is 0.714 bits per heavy atom. The number of hydrogen-bond donors (Lipinski definition) is 1. The topological polar surface area (TPSA) is 34.6 Å². The fraction of sp³-hybridized carbons (Fsp3) is 0.730. The first-order valence-electron chi connectivity index (χ1n) is 17.6. The van der Waals surface area contributed by atoms with Gasteiger partial charge in [0.1, 0.15) is 0 Å². The summed E-state index contributed by atoms with van der Waals surface area (Å²) >= 11 is 3.53. The normalized spacial score (nSPS) is 10.8. The Bertz CT molecular complexity index is 858. The first-order valence-corrected chi connectivity index (χ1v) is 18.5. The first-order chi connectivity index (χ1) is 20.8. The van der Waals surface area contributed by atoms with Crippen molar-refractivity contribution in [3.63, 3.8) is 0 Å². The Kier molecular flexibility index (Phi) is 26.7. The van der Waals surface area contributed by atoms with E-state index in [-0.39, 0.29) is 0 Å². The monoisotopic (exact) mass is 599 g/mol. The lowest BCUT2D eigenvalue weighted by Gasteiger charge is -2.07. The number of hydrogen-bond acceptors (Lipinski definition) is 3. The van der Waals surface area contributed by atoms with Gasteiger partial charge in [0.2, 0.25) is 0 Å². The van der Waals surface area contributed by atoms with Crippen LogP contribution in [-0.2, 0) is 13.1 Å². The predicted octanol–water partition coefficient (Wildman–Crippen LogP) is 10.2. The summed E-state index contributed by atoms with van der Waals surface area (Å²) in [6, 6.07) is 8.71. The van der Waals surface area contributed by atoms with Gasteiger partial charge in [0.15, 0.2) is 0 Å². The fourth-order valence-corrected chi connectivity index (χ4v) is 5.26. The summed E-state index contributed by atoms with van der Waals surface area (Å²) in [5.74, 6) is 0. The molecule has 42 heavy (non-hydrogen) atoms. The molecular weight excluding hydrogens is 533 g/mol. The SMILES string of the molecule is CCCCCCCCN=c1ccn(CCCCCCCCCCn2ccc(=NCCCCCCCC)cc2)cc1.CS. The van der Waals surface area contributed by atoms with E-state index in [1.807, 2.05) is 0 Å². The molecule has 2 aromatic rings. The molecule has 0 aliphatic carbocycles. The second kappa shape index (κ2) is 29.3. The van der Waals surface area contributed by atoms with Gasteiger partial charge >= 0.3 is 0 Å². The van der Waals surface area contributed by atoms with Gasteiger partial charge in [0.25, 0.3) is 0 Å². The third kappa shape index (κ3) is 21.9. The van der Waals surface area contributed by atoms with Gasteiger partial charge in [-0.25, -0.2) is 0 Å². The van der Waals surface area contributed by atoms with Crippen molar-refractivity contribution in [2.24, 2.45) is 9.98 Å². The van der Waals surface area contributed by atoms with Gasteiger partial charge in [-0.3, -0.25) is 9.98 Å². The summed E-state index contributed by atoms with van der Waals surface area (Å²) in [4.78, 5) is 9.48. The summed E-state index contributed by atoms with van der Waals surface area (Å²) in [7, 11) is 0. The van der Waals surface area contributed by atoms with Gasteiger partial charge in [0, 0.05) is 51.0 Å². The fourth-order valence-electron chi connectivity index (χ4n) is 5.26. The highest BCUT2D eigenvalue weighted by Gasteiger charge is 1.96. The van der Waals surface area contributed by atoms with E-state index >= 15 is 0 Å². The largest absolute Gasteiger partial charge is 0.354 e. The van der Waals surface area contributed by atoms with Crippen LogP contribution in [-0.4, -0.2) is 28.5 Å². The van der Waals surface area contributed by atoms with Crippen molar-refractivity contribution in [3.05, 3.63) is 59.8 Å². The molecular formula is C37H66N4S. The van der Waals surface area contributed by atoms with Crippen LogP contribution in [0.5, 0.6) is 0 Å². The predicted molar refractivity (Wildman–Crippen MR) is 188 cm³/mol. The lowest BCUT2D eigenvalue weighted by molar-refractivity contribution is 0.524. The summed E-state index contributed by atoms with van der Waals surface area (Å²) in [6.45, 7) is 8.74. The molecule has 2 aromatic heterocycles. The zero-order valence-electron chi connectivity index (χ0n) is 27.8. The molecule has 0 atom stereocenters. The van der Waals surface area contributed by atoms with Crippen molar-refractivity contribution in [3.8, 4) is 0 Å². The third-order valence-corrected chi connectivity index (χ3v) is 7.94. The smallest absolute Gasteiger partial charge is 0.0603 e. The summed E-state index contributed by atoms with van der Waals surface area (Å²) in [5, 5.41) is 2.27. The third-order valence-electron chi connectivity index (χ3n) is 7.94. The zero-order valence-corrected chi connectivity index (χ0v) is 28.7. The summed E-state index contributed by atoms with van der Waals surface area (Å²) in [5.41, 5.74) is 0. The van der Waals surface area contributed by atoms with Gasteiger partial charge in [-0.1, -0.05) is 117 Å². The Labute approximate surface area is 265 Å². The van der Waals surface area contributed by atoms with Gasteiger partial charge in [0.05, 0.1) is 10.7 Å². The molecule has 0 N–H and O–H groups in total. The van der Waals surface area contributed by atoms with Crippen molar-refractivity contribution < 1.29 is 0 Å². The van der Waals surface area contributed by atoms with E-state index in [0.29, 0.717) is 0 Å².